The minimum absolute atomic E-state index is 0.234. The molecule has 0 fully saturated rings. The second-order valence-corrected chi connectivity index (χ2v) is 5.19. The van der Waals surface area contributed by atoms with E-state index in [4.69, 9.17) is 0 Å². The molecule has 0 saturated heterocycles. The van der Waals surface area contributed by atoms with Gasteiger partial charge in [-0.05, 0) is 34.1 Å². The average molecular weight is 312 g/mol. The van der Waals surface area contributed by atoms with E-state index in [0.717, 1.165) is 9.35 Å². The van der Waals surface area contributed by atoms with Crippen molar-refractivity contribution in [2.45, 2.75) is 6.54 Å². The molecule has 4 nitrogen and oxygen atoms in total. The van der Waals surface area contributed by atoms with E-state index >= 15 is 0 Å². The molecule has 0 aliphatic rings. The largest absolute Gasteiger partial charge is 0.333 e. The molecule has 0 aromatic carbocycles. The number of amides is 2. The molecule has 0 aliphatic carbocycles. The quantitative estimate of drug-likeness (QED) is 0.914. The van der Waals surface area contributed by atoms with Gasteiger partial charge in [-0.1, -0.05) is 0 Å². The maximum Gasteiger partial charge on any atom is 0.319 e. The summed E-state index contributed by atoms with van der Waals surface area (Å²) in [7, 11) is 0. The van der Waals surface area contributed by atoms with Gasteiger partial charge in [-0.15, -0.1) is 11.3 Å². The smallest absolute Gasteiger partial charge is 0.319 e. The van der Waals surface area contributed by atoms with Gasteiger partial charge in [0, 0.05) is 20.9 Å². The fourth-order valence-electron chi connectivity index (χ4n) is 1.23. The van der Waals surface area contributed by atoms with Gasteiger partial charge in [0.2, 0.25) is 0 Å². The predicted molar refractivity (Wildman–Crippen MR) is 72.1 cm³/mol. The molecule has 0 aliphatic heterocycles. The van der Waals surface area contributed by atoms with E-state index in [0.29, 0.717) is 12.2 Å². The summed E-state index contributed by atoms with van der Waals surface area (Å²) in [4.78, 5) is 16.5. The molecule has 2 aromatic heterocycles. The third kappa shape index (κ3) is 3.83. The van der Waals surface area contributed by atoms with Crippen LogP contribution in [0.25, 0.3) is 0 Å². The first-order chi connectivity index (χ1) is 8.24. The number of nitrogens with zero attached hydrogens (tertiary/aromatic N) is 1. The first kappa shape index (κ1) is 12.1. The summed E-state index contributed by atoms with van der Waals surface area (Å²) in [5.41, 5.74) is 0.678. The van der Waals surface area contributed by atoms with Crippen LogP contribution in [-0.4, -0.2) is 11.0 Å². The third-order valence-electron chi connectivity index (χ3n) is 1.96. The van der Waals surface area contributed by atoms with Crippen LogP contribution in [0.2, 0.25) is 0 Å². The summed E-state index contributed by atoms with van der Waals surface area (Å²) in [6, 6.07) is 5.30. The highest BCUT2D eigenvalue weighted by Crippen LogP contribution is 2.19. The molecule has 6 heteroatoms. The molecule has 0 bridgehead atoms. The van der Waals surface area contributed by atoms with E-state index in [1.807, 2.05) is 11.4 Å². The van der Waals surface area contributed by atoms with Crippen molar-refractivity contribution in [3.63, 3.8) is 0 Å². The van der Waals surface area contributed by atoms with E-state index in [9.17, 15) is 4.79 Å². The molecule has 2 rings (SSSR count). The van der Waals surface area contributed by atoms with Gasteiger partial charge in [0.25, 0.3) is 0 Å². The van der Waals surface area contributed by atoms with E-state index in [-0.39, 0.29) is 6.03 Å². The maximum atomic E-state index is 11.5. The average Bonchev–Trinajstić information content (AvgIpc) is 2.74. The number of pyridine rings is 1. The number of aromatic nitrogens is 1. The van der Waals surface area contributed by atoms with Gasteiger partial charge in [-0.3, -0.25) is 4.98 Å². The summed E-state index contributed by atoms with van der Waals surface area (Å²) in [6.07, 6.45) is 3.26. The highest BCUT2D eigenvalue weighted by molar-refractivity contribution is 9.10. The van der Waals surface area contributed by atoms with Crippen molar-refractivity contribution in [2.24, 2.45) is 0 Å². The molecule has 0 saturated carbocycles. The number of nitrogens with one attached hydrogen (secondary N) is 2. The van der Waals surface area contributed by atoms with Crippen molar-refractivity contribution in [3.05, 3.63) is 45.3 Å². The lowest BCUT2D eigenvalue weighted by molar-refractivity contribution is 0.252. The standard InChI is InChI=1S/C11H10BrN3OS/c12-8-4-10(17-7-8)6-14-11(16)15-9-2-1-3-13-5-9/h1-5,7H,6H2,(H2,14,15,16). The van der Waals surface area contributed by atoms with Crippen LogP contribution in [0.1, 0.15) is 4.88 Å². The van der Waals surface area contributed by atoms with Gasteiger partial charge in [-0.2, -0.15) is 0 Å². The minimum Gasteiger partial charge on any atom is -0.333 e. The van der Waals surface area contributed by atoms with Crippen molar-refractivity contribution in [1.82, 2.24) is 10.3 Å². The summed E-state index contributed by atoms with van der Waals surface area (Å²) < 4.78 is 1.03. The van der Waals surface area contributed by atoms with Crippen molar-refractivity contribution >= 4 is 39.0 Å². The predicted octanol–water partition coefficient (Wildman–Crippen LogP) is 3.23. The van der Waals surface area contributed by atoms with Crippen LogP contribution in [0.3, 0.4) is 0 Å². The summed E-state index contributed by atoms with van der Waals surface area (Å²) >= 11 is 4.96. The Balaban J connectivity index is 1.82. The molecule has 0 radical (unpaired) electrons. The number of hydrogen-bond acceptors (Lipinski definition) is 3. The van der Waals surface area contributed by atoms with Crippen LogP contribution >= 0.6 is 27.3 Å². The summed E-state index contributed by atoms with van der Waals surface area (Å²) in [5.74, 6) is 0. The molecule has 0 atom stereocenters. The van der Waals surface area contributed by atoms with E-state index in [1.165, 1.54) is 0 Å². The molecular formula is C11H10BrN3OS. The molecule has 88 valence electrons. The minimum atomic E-state index is -0.234. The van der Waals surface area contributed by atoms with Gasteiger partial charge in [0.1, 0.15) is 0 Å². The first-order valence-electron chi connectivity index (χ1n) is 4.92. The molecule has 2 heterocycles. The fraction of sp³-hybridized carbons (Fsp3) is 0.0909. The van der Waals surface area contributed by atoms with Crippen LogP contribution in [0.5, 0.6) is 0 Å². The number of carbonyl (C=O) groups is 1. The Morgan fingerprint density at radius 3 is 3.06 bits per heavy atom. The molecular weight excluding hydrogens is 302 g/mol. The van der Waals surface area contributed by atoms with Crippen LogP contribution in [0.4, 0.5) is 10.5 Å². The lowest BCUT2D eigenvalue weighted by atomic mass is 10.4. The van der Waals surface area contributed by atoms with Crippen LogP contribution in [0, 0.1) is 0 Å². The van der Waals surface area contributed by atoms with E-state index in [2.05, 4.69) is 31.5 Å². The highest BCUT2D eigenvalue weighted by Gasteiger charge is 2.02. The second-order valence-electron chi connectivity index (χ2n) is 3.28. The van der Waals surface area contributed by atoms with E-state index < -0.39 is 0 Å². The zero-order valence-corrected chi connectivity index (χ0v) is 11.2. The van der Waals surface area contributed by atoms with Crippen LogP contribution < -0.4 is 10.6 Å². The van der Waals surface area contributed by atoms with Crippen molar-refractivity contribution in [3.8, 4) is 0 Å². The number of halogens is 1. The van der Waals surface area contributed by atoms with Crippen molar-refractivity contribution in [1.29, 1.82) is 0 Å². The second kappa shape index (κ2) is 5.79. The number of rotatable bonds is 3. The van der Waals surface area contributed by atoms with Gasteiger partial charge in [0.15, 0.2) is 0 Å². The van der Waals surface area contributed by atoms with Crippen LogP contribution in [0.15, 0.2) is 40.4 Å². The lowest BCUT2D eigenvalue weighted by Crippen LogP contribution is -2.27. The normalized spacial score (nSPS) is 9.94. The number of urea groups is 1. The zero-order chi connectivity index (χ0) is 12.1. The molecule has 17 heavy (non-hydrogen) atoms. The first-order valence-corrected chi connectivity index (χ1v) is 6.59. The Labute approximate surface area is 111 Å². The fourth-order valence-corrected chi connectivity index (χ4v) is 2.62. The molecule has 0 unspecified atom stereocenters. The number of carbonyl (C=O) groups excluding carboxylic acids is 1. The molecule has 2 amide bonds. The number of anilines is 1. The van der Waals surface area contributed by atoms with E-state index in [1.54, 1.807) is 35.9 Å². The monoisotopic (exact) mass is 311 g/mol. The Morgan fingerprint density at radius 2 is 2.41 bits per heavy atom. The van der Waals surface area contributed by atoms with Gasteiger partial charge >= 0.3 is 6.03 Å². The summed E-state index contributed by atoms with van der Waals surface area (Å²) in [6.45, 7) is 0.516. The molecule has 0 spiro atoms. The Morgan fingerprint density at radius 1 is 1.53 bits per heavy atom. The Kier molecular flexibility index (Phi) is 4.11. The number of hydrogen-bond donors (Lipinski definition) is 2. The van der Waals surface area contributed by atoms with Crippen LogP contribution in [-0.2, 0) is 6.54 Å². The third-order valence-corrected chi connectivity index (χ3v) is 3.66. The SMILES string of the molecule is O=C(NCc1cc(Br)cs1)Nc1cccnc1. The summed E-state index contributed by atoms with van der Waals surface area (Å²) in [5, 5.41) is 7.45. The zero-order valence-electron chi connectivity index (χ0n) is 8.81. The molecule has 2 aromatic rings. The van der Waals surface area contributed by atoms with Gasteiger partial charge in [0.05, 0.1) is 18.4 Å². The maximum absolute atomic E-state index is 11.5. The lowest BCUT2D eigenvalue weighted by Gasteiger charge is -2.05. The number of thiophene rings is 1. The molecule has 2 N–H and O–H groups in total. The van der Waals surface area contributed by atoms with Crippen molar-refractivity contribution < 1.29 is 4.79 Å². The van der Waals surface area contributed by atoms with Gasteiger partial charge in [-0.25, -0.2) is 4.79 Å². The highest BCUT2D eigenvalue weighted by atomic mass is 79.9. The van der Waals surface area contributed by atoms with Crippen molar-refractivity contribution in [2.75, 3.05) is 5.32 Å². The van der Waals surface area contributed by atoms with Gasteiger partial charge < -0.3 is 10.6 Å². The Hall–Kier alpha value is -1.40. The topological polar surface area (TPSA) is 54.0 Å². The Bertz CT molecular complexity index is 500.